The number of benzene rings is 2. The summed E-state index contributed by atoms with van der Waals surface area (Å²) in [5.41, 5.74) is 1.16. The van der Waals surface area contributed by atoms with Gasteiger partial charge in [0, 0.05) is 5.92 Å². The summed E-state index contributed by atoms with van der Waals surface area (Å²) in [6.07, 6.45) is 0. The number of methoxy groups -OCH3 is 1. The summed E-state index contributed by atoms with van der Waals surface area (Å²) in [4.78, 5) is 10.2. The number of rotatable bonds is 5. The third-order valence-electron chi connectivity index (χ3n) is 3.05. The first kappa shape index (κ1) is 12.4. The largest absolute Gasteiger partial charge is 0.497 e. The second-order valence-corrected chi connectivity index (χ2v) is 4.30. The molecule has 2 aromatic rings. The molecule has 0 heterocycles. The van der Waals surface area contributed by atoms with E-state index in [0.29, 0.717) is 13.1 Å². The molecule has 0 saturated carbocycles. The van der Waals surface area contributed by atoms with Crippen LogP contribution in [0.2, 0.25) is 0 Å². The maximum atomic E-state index is 10.2. The summed E-state index contributed by atoms with van der Waals surface area (Å²) in [6.45, 7) is 2.93. The molecule has 3 heteroatoms. The lowest BCUT2D eigenvalue weighted by atomic mass is 9.98. The van der Waals surface area contributed by atoms with Crippen molar-refractivity contribution in [2.75, 3.05) is 13.7 Å². The van der Waals surface area contributed by atoms with Gasteiger partial charge in [-0.25, -0.2) is 0 Å². The summed E-state index contributed by atoms with van der Waals surface area (Å²) < 4.78 is 9.99. The van der Waals surface area contributed by atoms with E-state index >= 15 is 0 Å². The van der Waals surface area contributed by atoms with E-state index in [2.05, 4.69) is 18.2 Å². The molecule has 0 aliphatic carbocycles. The van der Waals surface area contributed by atoms with E-state index in [4.69, 9.17) is 9.47 Å². The molecule has 0 saturated heterocycles. The van der Waals surface area contributed by atoms with Gasteiger partial charge in [-0.05, 0) is 28.5 Å². The lowest BCUT2D eigenvalue weighted by Crippen LogP contribution is -2.03. The molecule has 1 atom stereocenters. The lowest BCUT2D eigenvalue weighted by Gasteiger charge is -2.11. The van der Waals surface area contributed by atoms with Crippen LogP contribution in [0.5, 0.6) is 5.75 Å². The molecule has 3 nitrogen and oxygen atoms in total. The predicted molar refractivity (Wildman–Crippen MR) is 70.9 cm³/mol. The van der Waals surface area contributed by atoms with Crippen LogP contribution in [0.3, 0.4) is 0 Å². The van der Waals surface area contributed by atoms with Crippen molar-refractivity contribution >= 4 is 17.2 Å². The van der Waals surface area contributed by atoms with Crippen molar-refractivity contribution in [3.63, 3.8) is 0 Å². The molecule has 94 valence electrons. The Bertz CT molecular complexity index is 548. The minimum atomic E-state index is 0.196. The monoisotopic (exact) mass is 244 g/mol. The number of ether oxygens (including phenoxy) is 2. The number of hydrogen-bond donors (Lipinski definition) is 0. The maximum absolute atomic E-state index is 10.2. The van der Waals surface area contributed by atoms with Gasteiger partial charge < -0.3 is 9.47 Å². The fourth-order valence-electron chi connectivity index (χ4n) is 1.96. The zero-order valence-corrected chi connectivity index (χ0v) is 10.6. The van der Waals surface area contributed by atoms with E-state index in [9.17, 15) is 4.79 Å². The average Bonchev–Trinajstić information content (AvgIpc) is 2.43. The molecule has 0 spiro atoms. The zero-order chi connectivity index (χ0) is 13.0. The topological polar surface area (TPSA) is 35.5 Å². The Hall–Kier alpha value is -2.03. The van der Waals surface area contributed by atoms with Gasteiger partial charge in [0.2, 0.25) is 0 Å². The number of hydrogen-bond acceptors (Lipinski definition) is 3. The van der Waals surface area contributed by atoms with Gasteiger partial charge in [-0.2, -0.15) is 0 Å². The minimum absolute atomic E-state index is 0.196. The van der Waals surface area contributed by atoms with Gasteiger partial charge in [0.15, 0.2) is 0 Å². The SMILES string of the molecule is COc1ccc2cc(C(C)COC=O)ccc2c1. The van der Waals surface area contributed by atoms with E-state index in [1.165, 1.54) is 0 Å². The zero-order valence-electron chi connectivity index (χ0n) is 10.6. The van der Waals surface area contributed by atoms with Gasteiger partial charge in [0.1, 0.15) is 5.75 Å². The Morgan fingerprint density at radius 3 is 2.61 bits per heavy atom. The first-order chi connectivity index (χ1) is 8.74. The molecule has 0 fully saturated rings. The Labute approximate surface area is 106 Å². The van der Waals surface area contributed by atoms with Crippen molar-refractivity contribution in [3.8, 4) is 5.75 Å². The Morgan fingerprint density at radius 1 is 1.17 bits per heavy atom. The third-order valence-corrected chi connectivity index (χ3v) is 3.05. The van der Waals surface area contributed by atoms with Crippen LogP contribution in [-0.2, 0) is 9.53 Å². The van der Waals surface area contributed by atoms with Crippen LogP contribution in [0, 0.1) is 0 Å². The highest BCUT2D eigenvalue weighted by atomic mass is 16.5. The Balaban J connectivity index is 2.29. The van der Waals surface area contributed by atoms with Crippen LogP contribution in [-0.4, -0.2) is 20.2 Å². The van der Waals surface area contributed by atoms with Crippen LogP contribution < -0.4 is 4.74 Å². The minimum Gasteiger partial charge on any atom is -0.497 e. The molecule has 2 aromatic carbocycles. The smallest absolute Gasteiger partial charge is 0.293 e. The standard InChI is InChI=1S/C15H16O3/c1-11(9-18-10-16)12-3-4-14-8-15(17-2)6-5-13(14)7-12/h3-8,10-11H,9H2,1-2H3. The molecule has 0 aliphatic rings. The number of fused-ring (bicyclic) bond motifs is 1. The van der Waals surface area contributed by atoms with Crippen molar-refractivity contribution in [2.24, 2.45) is 0 Å². The van der Waals surface area contributed by atoms with Crippen LogP contribution in [0.4, 0.5) is 0 Å². The van der Waals surface area contributed by atoms with E-state index in [-0.39, 0.29) is 5.92 Å². The Kier molecular flexibility index (Phi) is 3.82. The molecular weight excluding hydrogens is 228 g/mol. The van der Waals surface area contributed by atoms with Crippen molar-refractivity contribution in [3.05, 3.63) is 42.0 Å². The van der Waals surface area contributed by atoms with Gasteiger partial charge in [0.05, 0.1) is 13.7 Å². The van der Waals surface area contributed by atoms with Crippen molar-refractivity contribution < 1.29 is 14.3 Å². The molecule has 0 N–H and O–H groups in total. The molecular formula is C15H16O3. The van der Waals surface area contributed by atoms with Crippen LogP contribution in [0.15, 0.2) is 36.4 Å². The second kappa shape index (κ2) is 5.54. The summed E-state index contributed by atoms with van der Waals surface area (Å²) in [6, 6.07) is 12.2. The molecule has 0 radical (unpaired) electrons. The highest BCUT2D eigenvalue weighted by Crippen LogP contribution is 2.25. The van der Waals surface area contributed by atoms with Gasteiger partial charge in [0.25, 0.3) is 6.47 Å². The number of carbonyl (C=O) groups is 1. The first-order valence-electron chi connectivity index (χ1n) is 5.87. The Morgan fingerprint density at radius 2 is 1.89 bits per heavy atom. The summed E-state index contributed by atoms with van der Waals surface area (Å²) >= 11 is 0. The van der Waals surface area contributed by atoms with Gasteiger partial charge in [-0.3, -0.25) is 4.79 Å². The van der Waals surface area contributed by atoms with Crippen molar-refractivity contribution in [1.29, 1.82) is 0 Å². The quantitative estimate of drug-likeness (QED) is 0.758. The van der Waals surface area contributed by atoms with E-state index < -0.39 is 0 Å². The summed E-state index contributed by atoms with van der Waals surface area (Å²) in [5.74, 6) is 1.05. The van der Waals surface area contributed by atoms with Crippen molar-refractivity contribution in [2.45, 2.75) is 12.8 Å². The highest BCUT2D eigenvalue weighted by Gasteiger charge is 2.07. The summed E-state index contributed by atoms with van der Waals surface area (Å²) in [7, 11) is 1.66. The molecule has 0 aromatic heterocycles. The van der Waals surface area contributed by atoms with E-state index in [1.54, 1.807) is 7.11 Å². The molecule has 0 bridgehead atoms. The average molecular weight is 244 g/mol. The molecule has 2 rings (SSSR count). The van der Waals surface area contributed by atoms with Gasteiger partial charge >= 0.3 is 0 Å². The molecule has 1 unspecified atom stereocenters. The fraction of sp³-hybridized carbons (Fsp3) is 0.267. The predicted octanol–water partition coefficient (Wildman–Crippen LogP) is 3.12. The lowest BCUT2D eigenvalue weighted by molar-refractivity contribution is -0.129. The van der Waals surface area contributed by atoms with Crippen molar-refractivity contribution in [1.82, 2.24) is 0 Å². The summed E-state index contributed by atoms with van der Waals surface area (Å²) in [5, 5.41) is 2.30. The number of carbonyl (C=O) groups excluding carboxylic acids is 1. The molecule has 0 amide bonds. The van der Waals surface area contributed by atoms with Crippen LogP contribution in [0.25, 0.3) is 10.8 Å². The first-order valence-corrected chi connectivity index (χ1v) is 5.87. The van der Waals surface area contributed by atoms with Crippen LogP contribution in [0.1, 0.15) is 18.4 Å². The van der Waals surface area contributed by atoms with E-state index in [0.717, 1.165) is 22.1 Å². The third kappa shape index (κ3) is 2.62. The highest BCUT2D eigenvalue weighted by molar-refractivity contribution is 5.84. The van der Waals surface area contributed by atoms with Crippen LogP contribution >= 0.6 is 0 Å². The molecule has 0 aliphatic heterocycles. The molecule has 18 heavy (non-hydrogen) atoms. The maximum Gasteiger partial charge on any atom is 0.293 e. The second-order valence-electron chi connectivity index (χ2n) is 4.30. The van der Waals surface area contributed by atoms with Gasteiger partial charge in [-0.1, -0.05) is 31.2 Å². The normalized spacial score (nSPS) is 12.1. The van der Waals surface area contributed by atoms with E-state index in [1.807, 2.05) is 25.1 Å². The van der Waals surface area contributed by atoms with Gasteiger partial charge in [-0.15, -0.1) is 0 Å². The fourth-order valence-corrected chi connectivity index (χ4v) is 1.96.